The van der Waals surface area contributed by atoms with Crippen molar-refractivity contribution < 1.29 is 19.4 Å². The SMILES string of the molecule is CCC(C=CC(=O)O)n1c(=O)c2cc(C(=O)NCc3ccc(OC)cc3)ccc2n(C)c1=O. The summed E-state index contributed by atoms with van der Waals surface area (Å²) in [6.07, 6.45) is 2.56. The predicted molar refractivity (Wildman–Crippen MR) is 124 cm³/mol. The highest BCUT2D eigenvalue weighted by Gasteiger charge is 2.18. The van der Waals surface area contributed by atoms with Crippen molar-refractivity contribution in [3.63, 3.8) is 0 Å². The molecule has 0 radical (unpaired) electrons. The van der Waals surface area contributed by atoms with E-state index in [-0.39, 0.29) is 23.4 Å². The monoisotopic (exact) mass is 451 g/mol. The van der Waals surface area contributed by atoms with Crippen LogP contribution in [0.1, 0.15) is 35.3 Å². The summed E-state index contributed by atoms with van der Waals surface area (Å²) < 4.78 is 7.45. The van der Waals surface area contributed by atoms with Crippen LogP contribution in [0.15, 0.2) is 64.2 Å². The van der Waals surface area contributed by atoms with Gasteiger partial charge in [0.15, 0.2) is 0 Å². The van der Waals surface area contributed by atoms with Crippen molar-refractivity contribution in [3.05, 3.63) is 86.6 Å². The van der Waals surface area contributed by atoms with Crippen molar-refractivity contribution in [2.45, 2.75) is 25.9 Å². The maximum atomic E-state index is 13.2. The van der Waals surface area contributed by atoms with Gasteiger partial charge in [0.1, 0.15) is 5.75 Å². The average molecular weight is 451 g/mol. The first-order valence-electron chi connectivity index (χ1n) is 10.3. The number of benzene rings is 2. The molecule has 3 aromatic rings. The van der Waals surface area contributed by atoms with Crippen molar-refractivity contribution in [2.75, 3.05) is 7.11 Å². The Morgan fingerprint density at radius 1 is 1.15 bits per heavy atom. The summed E-state index contributed by atoms with van der Waals surface area (Å²) in [6, 6.07) is 11.1. The van der Waals surface area contributed by atoms with E-state index in [0.29, 0.717) is 17.7 Å². The molecule has 33 heavy (non-hydrogen) atoms. The third-order valence-corrected chi connectivity index (χ3v) is 5.39. The van der Waals surface area contributed by atoms with Gasteiger partial charge in [0.05, 0.1) is 24.1 Å². The number of fused-ring (bicyclic) bond motifs is 1. The van der Waals surface area contributed by atoms with Gasteiger partial charge in [0.2, 0.25) is 0 Å². The lowest BCUT2D eigenvalue weighted by molar-refractivity contribution is -0.131. The Kier molecular flexibility index (Phi) is 7.12. The number of hydrogen-bond donors (Lipinski definition) is 2. The minimum atomic E-state index is -1.17. The molecule has 9 nitrogen and oxygen atoms in total. The van der Waals surface area contributed by atoms with Gasteiger partial charge in [-0.05, 0) is 42.3 Å². The lowest BCUT2D eigenvalue weighted by Gasteiger charge is -2.16. The molecule has 0 bridgehead atoms. The Morgan fingerprint density at radius 3 is 2.45 bits per heavy atom. The number of hydrogen-bond acceptors (Lipinski definition) is 5. The molecular weight excluding hydrogens is 426 g/mol. The second-order valence-electron chi connectivity index (χ2n) is 7.45. The molecule has 2 aromatic carbocycles. The number of carboxylic acid groups (broad SMARTS) is 1. The molecule has 1 amide bonds. The molecule has 0 saturated carbocycles. The van der Waals surface area contributed by atoms with E-state index in [0.717, 1.165) is 16.2 Å². The zero-order chi connectivity index (χ0) is 24.1. The first kappa shape index (κ1) is 23.5. The fourth-order valence-corrected chi connectivity index (χ4v) is 3.54. The van der Waals surface area contributed by atoms with E-state index in [1.54, 1.807) is 38.3 Å². The number of methoxy groups -OCH3 is 1. The van der Waals surface area contributed by atoms with E-state index in [1.807, 2.05) is 12.1 Å². The number of ether oxygens (including phenoxy) is 1. The van der Waals surface area contributed by atoms with E-state index in [2.05, 4.69) is 5.32 Å². The van der Waals surface area contributed by atoms with Gasteiger partial charge in [0, 0.05) is 25.2 Å². The molecule has 0 fully saturated rings. The molecular formula is C24H25N3O6. The number of aromatic nitrogens is 2. The molecule has 9 heteroatoms. The number of rotatable bonds is 8. The largest absolute Gasteiger partial charge is 0.497 e. The summed E-state index contributed by atoms with van der Waals surface area (Å²) in [5, 5.41) is 11.9. The van der Waals surface area contributed by atoms with Crippen molar-refractivity contribution in [2.24, 2.45) is 7.05 Å². The number of allylic oxidation sites excluding steroid dienone is 1. The highest BCUT2D eigenvalue weighted by Crippen LogP contribution is 2.15. The van der Waals surface area contributed by atoms with Crippen LogP contribution in [-0.4, -0.2) is 33.2 Å². The van der Waals surface area contributed by atoms with Crippen molar-refractivity contribution in [3.8, 4) is 5.75 Å². The number of nitrogens with one attached hydrogen (secondary N) is 1. The van der Waals surface area contributed by atoms with Gasteiger partial charge in [-0.2, -0.15) is 0 Å². The van der Waals surface area contributed by atoms with Crippen LogP contribution in [0.5, 0.6) is 5.75 Å². The van der Waals surface area contributed by atoms with Crippen molar-refractivity contribution >= 4 is 22.8 Å². The van der Waals surface area contributed by atoms with Crippen LogP contribution in [0.3, 0.4) is 0 Å². The van der Waals surface area contributed by atoms with Crippen LogP contribution < -0.4 is 21.3 Å². The van der Waals surface area contributed by atoms with Crippen LogP contribution in [0.25, 0.3) is 10.9 Å². The maximum absolute atomic E-state index is 13.2. The number of aryl methyl sites for hydroxylation is 1. The zero-order valence-corrected chi connectivity index (χ0v) is 18.6. The molecule has 3 rings (SSSR count). The number of carboxylic acids is 1. The molecule has 0 aliphatic carbocycles. The summed E-state index contributed by atoms with van der Waals surface area (Å²) >= 11 is 0. The number of amides is 1. The summed E-state index contributed by atoms with van der Waals surface area (Å²) in [4.78, 5) is 49.6. The Bertz CT molecular complexity index is 1340. The lowest BCUT2D eigenvalue weighted by atomic mass is 10.1. The maximum Gasteiger partial charge on any atom is 0.331 e. The summed E-state index contributed by atoms with van der Waals surface area (Å²) in [6.45, 7) is 2.03. The molecule has 0 aliphatic heterocycles. The molecule has 1 atom stereocenters. The predicted octanol–water partition coefficient (Wildman–Crippen LogP) is 2.23. The van der Waals surface area contributed by atoms with Crippen LogP contribution >= 0.6 is 0 Å². The Hall–Kier alpha value is -4.14. The van der Waals surface area contributed by atoms with E-state index in [4.69, 9.17) is 9.84 Å². The summed E-state index contributed by atoms with van der Waals surface area (Å²) in [5.74, 6) is -0.828. The Labute approximate surface area is 189 Å². The minimum Gasteiger partial charge on any atom is -0.497 e. The highest BCUT2D eigenvalue weighted by atomic mass is 16.5. The quantitative estimate of drug-likeness (QED) is 0.507. The van der Waals surface area contributed by atoms with Crippen molar-refractivity contribution in [1.29, 1.82) is 0 Å². The number of nitrogens with zero attached hydrogens (tertiary/aromatic N) is 2. The molecule has 2 N–H and O–H groups in total. The van der Waals surface area contributed by atoms with Gasteiger partial charge in [0.25, 0.3) is 11.5 Å². The molecule has 0 saturated heterocycles. The number of carbonyl (C=O) groups is 2. The minimum absolute atomic E-state index is 0.191. The van der Waals surface area contributed by atoms with E-state index in [1.165, 1.54) is 23.8 Å². The summed E-state index contributed by atoms with van der Waals surface area (Å²) in [7, 11) is 3.10. The second kappa shape index (κ2) is 9.99. The Balaban J connectivity index is 1.97. The second-order valence-corrected chi connectivity index (χ2v) is 7.45. The average Bonchev–Trinajstić information content (AvgIpc) is 2.82. The normalized spacial score (nSPS) is 12.1. The van der Waals surface area contributed by atoms with Gasteiger partial charge < -0.3 is 15.2 Å². The van der Waals surface area contributed by atoms with Gasteiger partial charge >= 0.3 is 11.7 Å². The van der Waals surface area contributed by atoms with Crippen LogP contribution in [0, 0.1) is 0 Å². The third-order valence-electron chi connectivity index (χ3n) is 5.39. The van der Waals surface area contributed by atoms with Crippen LogP contribution in [0.2, 0.25) is 0 Å². The Morgan fingerprint density at radius 2 is 1.85 bits per heavy atom. The molecule has 1 heterocycles. The molecule has 1 unspecified atom stereocenters. The molecule has 0 spiro atoms. The summed E-state index contributed by atoms with van der Waals surface area (Å²) in [5.41, 5.74) is 0.383. The standard InChI is InChI=1S/C24H25N3O6/c1-4-17(8-12-21(28)29)27-23(31)19-13-16(7-11-20(19)26(2)24(27)32)22(30)25-14-15-5-9-18(33-3)10-6-15/h5-13,17H,4,14H2,1-3H3,(H,25,30)(H,28,29). The van der Waals surface area contributed by atoms with E-state index in [9.17, 15) is 19.2 Å². The van der Waals surface area contributed by atoms with Gasteiger partial charge in [-0.15, -0.1) is 0 Å². The topological polar surface area (TPSA) is 120 Å². The highest BCUT2D eigenvalue weighted by molar-refractivity contribution is 5.97. The first-order valence-corrected chi connectivity index (χ1v) is 10.3. The molecule has 1 aromatic heterocycles. The molecule has 172 valence electrons. The van der Waals surface area contributed by atoms with Crippen molar-refractivity contribution in [1.82, 2.24) is 14.5 Å². The van der Waals surface area contributed by atoms with E-state index < -0.39 is 23.3 Å². The zero-order valence-electron chi connectivity index (χ0n) is 18.6. The first-order chi connectivity index (χ1) is 15.8. The van der Waals surface area contributed by atoms with Gasteiger partial charge in [-0.3, -0.25) is 18.7 Å². The van der Waals surface area contributed by atoms with Gasteiger partial charge in [-0.25, -0.2) is 9.59 Å². The smallest absolute Gasteiger partial charge is 0.331 e. The van der Waals surface area contributed by atoms with Crippen LogP contribution in [0.4, 0.5) is 0 Å². The van der Waals surface area contributed by atoms with E-state index >= 15 is 0 Å². The lowest BCUT2D eigenvalue weighted by Crippen LogP contribution is -2.41. The fourth-order valence-electron chi connectivity index (χ4n) is 3.54. The van der Waals surface area contributed by atoms with Crippen LogP contribution in [-0.2, 0) is 18.4 Å². The van der Waals surface area contributed by atoms with Gasteiger partial charge in [-0.1, -0.05) is 25.1 Å². The fraction of sp³-hybridized carbons (Fsp3) is 0.250. The molecule has 0 aliphatic rings. The number of aliphatic carboxylic acids is 1. The number of carbonyl (C=O) groups excluding carboxylic acids is 1. The third kappa shape index (κ3) is 5.03.